The monoisotopic (exact) mass is 143 g/mol. The Morgan fingerprint density at radius 3 is 2.70 bits per heavy atom. The van der Waals surface area contributed by atoms with Crippen molar-refractivity contribution in [2.45, 2.75) is 39.2 Å². The highest BCUT2D eigenvalue weighted by molar-refractivity contribution is 4.56. The summed E-state index contributed by atoms with van der Waals surface area (Å²) in [6.45, 7) is 6.37. The first-order chi connectivity index (χ1) is 4.80. The van der Waals surface area contributed by atoms with Crippen molar-refractivity contribution in [1.29, 1.82) is 0 Å². The molecule has 0 radical (unpaired) electrons. The minimum absolute atomic E-state index is 0.540. The Bertz CT molecular complexity index is 85.3. The van der Waals surface area contributed by atoms with Gasteiger partial charge in [0.05, 0.1) is 6.61 Å². The summed E-state index contributed by atoms with van der Waals surface area (Å²) in [5, 5.41) is 2.09. The first-order valence-corrected chi connectivity index (χ1v) is 4.20. The number of nitrogens with zero attached hydrogens (tertiary/aromatic N) is 1. The van der Waals surface area contributed by atoms with Crippen LogP contribution in [0.5, 0.6) is 0 Å². The van der Waals surface area contributed by atoms with E-state index in [1.54, 1.807) is 0 Å². The third-order valence-corrected chi connectivity index (χ3v) is 1.86. The third-order valence-electron chi connectivity index (χ3n) is 1.86. The van der Waals surface area contributed by atoms with Gasteiger partial charge in [0.1, 0.15) is 0 Å². The van der Waals surface area contributed by atoms with Gasteiger partial charge in [0.2, 0.25) is 0 Å². The van der Waals surface area contributed by atoms with Gasteiger partial charge in [0.25, 0.3) is 0 Å². The minimum atomic E-state index is 0.540. The van der Waals surface area contributed by atoms with Crippen molar-refractivity contribution in [3.63, 3.8) is 0 Å². The predicted molar refractivity (Wildman–Crippen MR) is 41.6 cm³/mol. The molecule has 1 heterocycles. The molecule has 0 aromatic heterocycles. The largest absolute Gasteiger partial charge is 0.299 e. The molecule has 0 aliphatic carbocycles. The molecular formula is C8H17NO. The molecule has 1 fully saturated rings. The van der Waals surface area contributed by atoms with Crippen LogP contribution in [0, 0.1) is 0 Å². The summed E-state index contributed by atoms with van der Waals surface area (Å²) in [4.78, 5) is 5.50. The van der Waals surface area contributed by atoms with E-state index in [9.17, 15) is 0 Å². The lowest BCUT2D eigenvalue weighted by Crippen LogP contribution is -2.30. The fourth-order valence-corrected chi connectivity index (χ4v) is 1.20. The van der Waals surface area contributed by atoms with Crippen LogP contribution >= 0.6 is 0 Å². The van der Waals surface area contributed by atoms with Crippen LogP contribution in [-0.4, -0.2) is 24.3 Å². The quantitative estimate of drug-likeness (QED) is 0.555. The number of hydrogen-bond acceptors (Lipinski definition) is 2. The molecule has 2 heteroatoms. The molecule has 0 saturated carbocycles. The van der Waals surface area contributed by atoms with Crippen molar-refractivity contribution in [2.24, 2.45) is 0 Å². The fourth-order valence-electron chi connectivity index (χ4n) is 1.20. The fraction of sp³-hybridized carbons (Fsp3) is 1.00. The highest BCUT2D eigenvalue weighted by Crippen LogP contribution is 2.09. The van der Waals surface area contributed by atoms with Crippen molar-refractivity contribution in [2.75, 3.05) is 13.2 Å². The Morgan fingerprint density at radius 1 is 1.20 bits per heavy atom. The van der Waals surface area contributed by atoms with Gasteiger partial charge in [0, 0.05) is 12.6 Å². The van der Waals surface area contributed by atoms with Gasteiger partial charge in [-0.05, 0) is 33.1 Å². The van der Waals surface area contributed by atoms with E-state index in [0.717, 1.165) is 13.2 Å². The third kappa shape index (κ3) is 2.27. The minimum Gasteiger partial charge on any atom is -0.299 e. The highest BCUT2D eigenvalue weighted by atomic mass is 16.7. The molecule has 1 rings (SSSR count). The summed E-state index contributed by atoms with van der Waals surface area (Å²) in [6.07, 6.45) is 3.84. The normalized spacial score (nSPS) is 23.1. The predicted octanol–water partition coefficient (Wildman–Crippen LogP) is 1.81. The SMILES string of the molecule is CC(C)N1CCCCCO1. The van der Waals surface area contributed by atoms with Crippen molar-refractivity contribution in [1.82, 2.24) is 5.06 Å². The number of rotatable bonds is 1. The zero-order valence-electron chi connectivity index (χ0n) is 6.97. The Morgan fingerprint density at radius 2 is 2.00 bits per heavy atom. The van der Waals surface area contributed by atoms with Gasteiger partial charge in [-0.15, -0.1) is 0 Å². The van der Waals surface area contributed by atoms with E-state index in [1.807, 2.05) is 0 Å². The van der Waals surface area contributed by atoms with Gasteiger partial charge >= 0.3 is 0 Å². The maximum atomic E-state index is 5.50. The molecular weight excluding hydrogens is 126 g/mol. The molecule has 1 aliphatic rings. The van der Waals surface area contributed by atoms with Crippen molar-refractivity contribution < 1.29 is 4.84 Å². The van der Waals surface area contributed by atoms with Crippen LogP contribution in [0.2, 0.25) is 0 Å². The molecule has 0 bridgehead atoms. The van der Waals surface area contributed by atoms with Crippen LogP contribution in [0.15, 0.2) is 0 Å². The maximum Gasteiger partial charge on any atom is 0.0685 e. The van der Waals surface area contributed by atoms with E-state index >= 15 is 0 Å². The van der Waals surface area contributed by atoms with E-state index in [0.29, 0.717) is 6.04 Å². The topological polar surface area (TPSA) is 12.5 Å². The van der Waals surface area contributed by atoms with Gasteiger partial charge < -0.3 is 0 Å². The van der Waals surface area contributed by atoms with Crippen molar-refractivity contribution in [3.05, 3.63) is 0 Å². The summed E-state index contributed by atoms with van der Waals surface area (Å²) in [5.74, 6) is 0. The summed E-state index contributed by atoms with van der Waals surface area (Å²) in [5.41, 5.74) is 0. The molecule has 0 aromatic carbocycles. The van der Waals surface area contributed by atoms with E-state index < -0.39 is 0 Å². The van der Waals surface area contributed by atoms with E-state index in [4.69, 9.17) is 4.84 Å². The second kappa shape index (κ2) is 3.94. The molecule has 10 heavy (non-hydrogen) atoms. The van der Waals surface area contributed by atoms with Gasteiger partial charge in [0.15, 0.2) is 0 Å². The average molecular weight is 143 g/mol. The van der Waals surface area contributed by atoms with Crippen LogP contribution in [-0.2, 0) is 4.84 Å². The van der Waals surface area contributed by atoms with Gasteiger partial charge in [-0.1, -0.05) is 0 Å². The highest BCUT2D eigenvalue weighted by Gasteiger charge is 2.11. The second-order valence-electron chi connectivity index (χ2n) is 3.13. The smallest absolute Gasteiger partial charge is 0.0685 e. The van der Waals surface area contributed by atoms with Crippen molar-refractivity contribution in [3.8, 4) is 0 Å². The van der Waals surface area contributed by atoms with Crippen LogP contribution < -0.4 is 0 Å². The van der Waals surface area contributed by atoms with E-state index in [1.165, 1.54) is 19.3 Å². The molecule has 0 spiro atoms. The van der Waals surface area contributed by atoms with Crippen LogP contribution in [0.25, 0.3) is 0 Å². The van der Waals surface area contributed by atoms with Crippen LogP contribution in [0.4, 0.5) is 0 Å². The standard InChI is InChI=1S/C8H17NO/c1-8(2)9-6-4-3-5-7-10-9/h8H,3-7H2,1-2H3. The molecule has 1 aliphatic heterocycles. The Hall–Kier alpha value is -0.0800. The van der Waals surface area contributed by atoms with Gasteiger partial charge in [-0.3, -0.25) is 4.84 Å². The lowest BCUT2D eigenvalue weighted by Gasteiger charge is -2.22. The zero-order chi connectivity index (χ0) is 7.40. The molecule has 0 atom stereocenters. The average Bonchev–Trinajstić information content (AvgIpc) is 2.12. The lowest BCUT2D eigenvalue weighted by atomic mass is 10.2. The molecule has 1 saturated heterocycles. The first-order valence-electron chi connectivity index (χ1n) is 4.20. The summed E-state index contributed by atoms with van der Waals surface area (Å²) >= 11 is 0. The van der Waals surface area contributed by atoms with E-state index in [2.05, 4.69) is 18.9 Å². The molecule has 60 valence electrons. The molecule has 0 amide bonds. The van der Waals surface area contributed by atoms with E-state index in [-0.39, 0.29) is 0 Å². The first kappa shape index (κ1) is 8.02. The molecule has 0 aromatic rings. The second-order valence-corrected chi connectivity index (χ2v) is 3.13. The summed E-state index contributed by atoms with van der Waals surface area (Å²) in [6, 6.07) is 0.540. The lowest BCUT2D eigenvalue weighted by molar-refractivity contribution is -0.172. The molecule has 0 N–H and O–H groups in total. The van der Waals surface area contributed by atoms with Crippen LogP contribution in [0.3, 0.4) is 0 Å². The summed E-state index contributed by atoms with van der Waals surface area (Å²) < 4.78 is 0. The molecule has 2 nitrogen and oxygen atoms in total. The summed E-state index contributed by atoms with van der Waals surface area (Å²) in [7, 11) is 0. The molecule has 0 unspecified atom stereocenters. The zero-order valence-corrected chi connectivity index (χ0v) is 6.97. The van der Waals surface area contributed by atoms with Gasteiger partial charge in [-0.2, -0.15) is 5.06 Å². The van der Waals surface area contributed by atoms with Crippen LogP contribution in [0.1, 0.15) is 33.1 Å². The number of hydrogen-bond donors (Lipinski definition) is 0. The number of hydroxylamine groups is 2. The Kier molecular flexibility index (Phi) is 3.16. The maximum absolute atomic E-state index is 5.50. The Balaban J connectivity index is 2.28. The Labute approximate surface area is 63.1 Å². The van der Waals surface area contributed by atoms with Gasteiger partial charge in [-0.25, -0.2) is 0 Å². The van der Waals surface area contributed by atoms with Crippen molar-refractivity contribution >= 4 is 0 Å².